The minimum atomic E-state index is 0.622. The van der Waals surface area contributed by atoms with Gasteiger partial charge in [0.15, 0.2) is 0 Å². The molecule has 1 saturated heterocycles. The van der Waals surface area contributed by atoms with Crippen LogP contribution in [0.1, 0.15) is 13.3 Å². The smallest absolute Gasteiger partial charge is 0.147 e. The van der Waals surface area contributed by atoms with Gasteiger partial charge in [0.05, 0.1) is 6.20 Å². The van der Waals surface area contributed by atoms with Crippen molar-refractivity contribution in [2.75, 3.05) is 23.9 Å². The summed E-state index contributed by atoms with van der Waals surface area (Å²) in [7, 11) is 0. The summed E-state index contributed by atoms with van der Waals surface area (Å²) in [6.45, 7) is 5.06. The molecule has 0 aromatic carbocycles. The van der Waals surface area contributed by atoms with Crippen molar-refractivity contribution in [2.45, 2.75) is 19.9 Å². The van der Waals surface area contributed by atoms with Crippen LogP contribution in [0.15, 0.2) is 6.20 Å². The van der Waals surface area contributed by atoms with E-state index >= 15 is 0 Å². The second kappa shape index (κ2) is 4.17. The standard InChI is InChI=1S/C9H15ClN4/c1-2-14-9(6-11-12-14)13-4-3-8(5-10)7-13/h6,8H,2-5,7H2,1H3. The zero-order valence-corrected chi connectivity index (χ0v) is 9.11. The van der Waals surface area contributed by atoms with Crippen LogP contribution in [0.25, 0.3) is 0 Å². The fraction of sp³-hybridized carbons (Fsp3) is 0.778. The number of aryl methyl sites for hydroxylation is 1. The number of nitrogens with zero attached hydrogens (tertiary/aromatic N) is 4. The second-order valence-electron chi connectivity index (χ2n) is 3.66. The molecule has 78 valence electrons. The number of halogens is 1. The van der Waals surface area contributed by atoms with Gasteiger partial charge in [-0.05, 0) is 19.3 Å². The number of rotatable bonds is 3. The van der Waals surface area contributed by atoms with Crippen molar-refractivity contribution in [3.8, 4) is 0 Å². The Morgan fingerprint density at radius 2 is 2.50 bits per heavy atom. The fourth-order valence-electron chi connectivity index (χ4n) is 1.89. The van der Waals surface area contributed by atoms with Gasteiger partial charge in [0.1, 0.15) is 5.82 Å². The van der Waals surface area contributed by atoms with Crippen molar-refractivity contribution in [1.82, 2.24) is 15.0 Å². The Balaban J connectivity index is 2.09. The van der Waals surface area contributed by atoms with Crippen molar-refractivity contribution in [2.24, 2.45) is 5.92 Å². The van der Waals surface area contributed by atoms with Gasteiger partial charge >= 0.3 is 0 Å². The Bertz CT molecular complexity index is 299. The first kappa shape index (κ1) is 9.77. The Kier molecular flexibility index (Phi) is 2.91. The Hall–Kier alpha value is -0.770. The van der Waals surface area contributed by atoms with Crippen molar-refractivity contribution in [3.63, 3.8) is 0 Å². The van der Waals surface area contributed by atoms with E-state index in [0.717, 1.165) is 31.3 Å². The van der Waals surface area contributed by atoms with Crippen LogP contribution in [0.2, 0.25) is 0 Å². The van der Waals surface area contributed by atoms with Crippen LogP contribution in [0.5, 0.6) is 0 Å². The van der Waals surface area contributed by atoms with Crippen LogP contribution >= 0.6 is 11.6 Å². The van der Waals surface area contributed by atoms with Crippen molar-refractivity contribution >= 4 is 17.4 Å². The molecule has 1 aromatic rings. The van der Waals surface area contributed by atoms with E-state index in [2.05, 4.69) is 22.1 Å². The molecular weight excluding hydrogens is 200 g/mol. The lowest BCUT2D eigenvalue weighted by Gasteiger charge is -2.17. The molecule has 2 rings (SSSR count). The lowest BCUT2D eigenvalue weighted by molar-refractivity contribution is 0.614. The number of hydrogen-bond acceptors (Lipinski definition) is 3. The third kappa shape index (κ3) is 1.71. The van der Waals surface area contributed by atoms with E-state index in [1.807, 2.05) is 10.9 Å². The molecule has 1 aromatic heterocycles. The molecule has 0 aliphatic carbocycles. The first-order valence-corrected chi connectivity index (χ1v) is 5.58. The normalized spacial score (nSPS) is 21.9. The van der Waals surface area contributed by atoms with Crippen molar-refractivity contribution in [1.29, 1.82) is 0 Å². The van der Waals surface area contributed by atoms with Gasteiger partial charge in [0.2, 0.25) is 0 Å². The number of aromatic nitrogens is 3. The maximum absolute atomic E-state index is 5.84. The quantitative estimate of drug-likeness (QED) is 0.713. The van der Waals surface area contributed by atoms with E-state index in [9.17, 15) is 0 Å². The molecule has 0 saturated carbocycles. The monoisotopic (exact) mass is 214 g/mol. The van der Waals surface area contributed by atoms with Crippen LogP contribution in [-0.2, 0) is 6.54 Å². The third-order valence-electron chi connectivity index (χ3n) is 2.72. The van der Waals surface area contributed by atoms with E-state index in [0.29, 0.717) is 5.92 Å². The maximum atomic E-state index is 5.84. The molecule has 0 radical (unpaired) electrons. The predicted octanol–water partition coefficient (Wildman–Crippen LogP) is 1.36. The topological polar surface area (TPSA) is 34.0 Å². The Morgan fingerprint density at radius 1 is 1.64 bits per heavy atom. The van der Waals surface area contributed by atoms with Gasteiger partial charge < -0.3 is 4.90 Å². The minimum absolute atomic E-state index is 0.622. The average Bonchev–Trinajstić information content (AvgIpc) is 2.85. The van der Waals surface area contributed by atoms with Gasteiger partial charge in [0.25, 0.3) is 0 Å². The summed E-state index contributed by atoms with van der Waals surface area (Å²) in [5.74, 6) is 2.50. The zero-order chi connectivity index (χ0) is 9.97. The molecule has 1 aliphatic heterocycles. The van der Waals surface area contributed by atoms with Crippen LogP contribution < -0.4 is 4.90 Å². The highest BCUT2D eigenvalue weighted by Crippen LogP contribution is 2.23. The molecule has 5 heteroatoms. The third-order valence-corrected chi connectivity index (χ3v) is 3.16. The lowest BCUT2D eigenvalue weighted by atomic mass is 10.2. The molecule has 0 N–H and O–H groups in total. The summed E-state index contributed by atoms with van der Waals surface area (Å²) < 4.78 is 1.93. The van der Waals surface area contributed by atoms with Gasteiger partial charge in [-0.2, -0.15) is 0 Å². The summed E-state index contributed by atoms with van der Waals surface area (Å²) in [5, 5.41) is 7.95. The first-order valence-electron chi connectivity index (χ1n) is 5.04. The molecule has 0 bridgehead atoms. The predicted molar refractivity (Wildman–Crippen MR) is 56.7 cm³/mol. The summed E-state index contributed by atoms with van der Waals surface area (Å²) in [6, 6.07) is 0. The van der Waals surface area contributed by atoms with E-state index in [4.69, 9.17) is 11.6 Å². The van der Waals surface area contributed by atoms with Gasteiger partial charge in [-0.25, -0.2) is 4.68 Å². The minimum Gasteiger partial charge on any atom is -0.355 e. The van der Waals surface area contributed by atoms with Crippen LogP contribution in [0.3, 0.4) is 0 Å². The summed E-state index contributed by atoms with van der Waals surface area (Å²) in [5.41, 5.74) is 0. The van der Waals surface area contributed by atoms with Crippen LogP contribution in [0.4, 0.5) is 5.82 Å². The molecule has 0 spiro atoms. The first-order chi connectivity index (χ1) is 6.85. The van der Waals surface area contributed by atoms with Gasteiger partial charge in [-0.1, -0.05) is 5.21 Å². The molecule has 0 amide bonds. The molecular formula is C9H15ClN4. The number of hydrogen-bond donors (Lipinski definition) is 0. The number of alkyl halides is 1. The molecule has 1 unspecified atom stereocenters. The molecule has 4 nitrogen and oxygen atoms in total. The Labute approximate surface area is 88.8 Å². The lowest BCUT2D eigenvalue weighted by Crippen LogP contribution is -2.23. The fourth-order valence-corrected chi connectivity index (χ4v) is 2.14. The summed E-state index contributed by atoms with van der Waals surface area (Å²) in [4.78, 5) is 2.32. The van der Waals surface area contributed by atoms with Gasteiger partial charge in [-0.15, -0.1) is 16.7 Å². The molecule has 14 heavy (non-hydrogen) atoms. The SMILES string of the molecule is CCn1nncc1N1CCC(CCl)C1. The van der Waals surface area contributed by atoms with Crippen molar-refractivity contribution < 1.29 is 0 Å². The molecule has 1 fully saturated rings. The van der Waals surface area contributed by atoms with E-state index in [1.54, 1.807) is 0 Å². The molecule has 1 aliphatic rings. The van der Waals surface area contributed by atoms with Gasteiger partial charge in [0, 0.05) is 25.5 Å². The highest BCUT2D eigenvalue weighted by molar-refractivity contribution is 6.18. The van der Waals surface area contributed by atoms with Gasteiger partial charge in [-0.3, -0.25) is 0 Å². The van der Waals surface area contributed by atoms with Crippen LogP contribution in [0, 0.1) is 5.92 Å². The zero-order valence-electron chi connectivity index (χ0n) is 8.36. The summed E-state index contributed by atoms with van der Waals surface area (Å²) >= 11 is 5.84. The largest absolute Gasteiger partial charge is 0.355 e. The molecule has 2 heterocycles. The highest BCUT2D eigenvalue weighted by Gasteiger charge is 2.23. The summed E-state index contributed by atoms with van der Waals surface area (Å²) in [6.07, 6.45) is 3.01. The average molecular weight is 215 g/mol. The van der Waals surface area contributed by atoms with E-state index in [-0.39, 0.29) is 0 Å². The maximum Gasteiger partial charge on any atom is 0.147 e. The van der Waals surface area contributed by atoms with E-state index < -0.39 is 0 Å². The highest BCUT2D eigenvalue weighted by atomic mass is 35.5. The number of anilines is 1. The van der Waals surface area contributed by atoms with E-state index in [1.165, 1.54) is 6.42 Å². The second-order valence-corrected chi connectivity index (χ2v) is 3.97. The Morgan fingerprint density at radius 3 is 3.14 bits per heavy atom. The van der Waals surface area contributed by atoms with Crippen molar-refractivity contribution in [3.05, 3.63) is 6.20 Å². The molecule has 1 atom stereocenters. The van der Waals surface area contributed by atoms with Crippen LogP contribution in [-0.4, -0.2) is 34.0 Å².